The fourth-order valence-electron chi connectivity index (χ4n) is 2.89. The third kappa shape index (κ3) is 2.76. The highest BCUT2D eigenvalue weighted by atomic mass is 19.4. The van der Waals surface area contributed by atoms with Crippen LogP contribution in [0.3, 0.4) is 0 Å². The number of benzene rings is 1. The molecule has 2 heterocycles. The molecule has 1 aromatic carbocycles. The summed E-state index contributed by atoms with van der Waals surface area (Å²) < 4.78 is 43.8. The van der Waals surface area contributed by atoms with Crippen LogP contribution in [-0.2, 0) is 11.0 Å². The lowest BCUT2D eigenvalue weighted by atomic mass is 10.1. The molecule has 0 N–H and O–H groups in total. The predicted octanol–water partition coefficient (Wildman–Crippen LogP) is 3.49. The van der Waals surface area contributed by atoms with Crippen molar-refractivity contribution < 1.29 is 22.5 Å². The van der Waals surface area contributed by atoms with Crippen molar-refractivity contribution in [2.24, 2.45) is 0 Å². The first-order chi connectivity index (χ1) is 11.4. The lowest BCUT2D eigenvalue weighted by Gasteiger charge is -2.17. The number of anilines is 1. The highest BCUT2D eigenvalue weighted by Crippen LogP contribution is 2.40. The van der Waals surface area contributed by atoms with Crippen LogP contribution in [0.25, 0.3) is 0 Å². The SMILES string of the molecule is O=C1CC(c2nc(C3CC3)no2)CN1c1cccc(C(F)(F)F)c1. The number of aromatic nitrogens is 2. The van der Waals surface area contributed by atoms with Gasteiger partial charge in [-0.15, -0.1) is 0 Å². The smallest absolute Gasteiger partial charge is 0.339 e. The highest BCUT2D eigenvalue weighted by molar-refractivity contribution is 5.96. The Morgan fingerprint density at radius 1 is 1.21 bits per heavy atom. The predicted molar refractivity (Wildman–Crippen MR) is 77.4 cm³/mol. The molecule has 126 valence electrons. The fraction of sp³-hybridized carbons (Fsp3) is 0.438. The van der Waals surface area contributed by atoms with Crippen molar-refractivity contribution in [3.05, 3.63) is 41.5 Å². The second-order valence-electron chi connectivity index (χ2n) is 6.22. The van der Waals surface area contributed by atoms with Gasteiger partial charge >= 0.3 is 6.18 Å². The summed E-state index contributed by atoms with van der Waals surface area (Å²) in [6.07, 6.45) is -2.20. The highest BCUT2D eigenvalue weighted by Gasteiger charge is 2.38. The van der Waals surface area contributed by atoms with Gasteiger partial charge in [-0.3, -0.25) is 4.79 Å². The molecule has 2 aliphatic rings. The molecule has 1 aromatic heterocycles. The van der Waals surface area contributed by atoms with E-state index in [4.69, 9.17) is 4.52 Å². The van der Waals surface area contributed by atoms with Crippen molar-refractivity contribution in [3.63, 3.8) is 0 Å². The Bertz CT molecular complexity index is 783. The van der Waals surface area contributed by atoms with E-state index >= 15 is 0 Å². The van der Waals surface area contributed by atoms with Gasteiger partial charge in [-0.05, 0) is 31.0 Å². The molecule has 24 heavy (non-hydrogen) atoms. The number of amides is 1. The minimum atomic E-state index is -4.44. The number of hydrogen-bond acceptors (Lipinski definition) is 4. The molecule has 1 unspecified atom stereocenters. The van der Waals surface area contributed by atoms with E-state index in [0.29, 0.717) is 17.6 Å². The van der Waals surface area contributed by atoms with Crippen LogP contribution in [0, 0.1) is 0 Å². The molecule has 1 aliphatic carbocycles. The number of carbonyl (C=O) groups is 1. The van der Waals surface area contributed by atoms with Gasteiger partial charge in [0.25, 0.3) is 0 Å². The zero-order chi connectivity index (χ0) is 16.9. The van der Waals surface area contributed by atoms with E-state index in [1.165, 1.54) is 17.0 Å². The first-order valence-corrected chi connectivity index (χ1v) is 7.73. The van der Waals surface area contributed by atoms with Gasteiger partial charge in [0.05, 0.1) is 11.5 Å². The van der Waals surface area contributed by atoms with Crippen molar-refractivity contribution in [1.29, 1.82) is 0 Å². The summed E-state index contributed by atoms with van der Waals surface area (Å²) in [5.74, 6) is 0.867. The molecule has 1 aliphatic heterocycles. The van der Waals surface area contributed by atoms with Crippen molar-refractivity contribution in [2.75, 3.05) is 11.4 Å². The molecule has 8 heteroatoms. The molecular formula is C16H14F3N3O2. The van der Waals surface area contributed by atoms with Crippen LogP contribution in [0.4, 0.5) is 18.9 Å². The second kappa shape index (κ2) is 5.32. The summed E-state index contributed by atoms with van der Waals surface area (Å²) in [5, 5.41) is 3.93. The van der Waals surface area contributed by atoms with Crippen LogP contribution in [0.2, 0.25) is 0 Å². The Labute approximate surface area is 135 Å². The molecule has 4 rings (SSSR count). The third-order valence-electron chi connectivity index (χ3n) is 4.36. The molecule has 1 amide bonds. The van der Waals surface area contributed by atoms with Gasteiger partial charge in [0.2, 0.25) is 11.8 Å². The number of hydrogen-bond donors (Lipinski definition) is 0. The number of nitrogens with zero attached hydrogens (tertiary/aromatic N) is 3. The zero-order valence-electron chi connectivity index (χ0n) is 12.6. The van der Waals surface area contributed by atoms with Crippen molar-refractivity contribution in [2.45, 2.75) is 37.3 Å². The molecule has 1 saturated carbocycles. The largest absolute Gasteiger partial charge is 0.416 e. The lowest BCUT2D eigenvalue weighted by Crippen LogP contribution is -2.24. The van der Waals surface area contributed by atoms with Crippen LogP contribution in [-0.4, -0.2) is 22.6 Å². The molecule has 0 radical (unpaired) electrons. The van der Waals surface area contributed by atoms with Crippen molar-refractivity contribution in [1.82, 2.24) is 10.1 Å². The average Bonchev–Trinajstić information content (AvgIpc) is 3.14. The summed E-state index contributed by atoms with van der Waals surface area (Å²) in [7, 11) is 0. The van der Waals surface area contributed by atoms with E-state index in [-0.39, 0.29) is 30.5 Å². The minimum absolute atomic E-state index is 0.155. The van der Waals surface area contributed by atoms with Gasteiger partial charge in [-0.25, -0.2) is 0 Å². The molecule has 5 nitrogen and oxygen atoms in total. The molecule has 2 fully saturated rings. The minimum Gasteiger partial charge on any atom is -0.339 e. The number of alkyl halides is 3. The van der Waals surface area contributed by atoms with Crippen LogP contribution in [0.5, 0.6) is 0 Å². The Hall–Kier alpha value is -2.38. The maximum absolute atomic E-state index is 12.8. The van der Waals surface area contributed by atoms with Crippen molar-refractivity contribution >= 4 is 11.6 Å². The molecule has 0 bridgehead atoms. The maximum Gasteiger partial charge on any atom is 0.416 e. The summed E-state index contributed by atoms with van der Waals surface area (Å²) in [4.78, 5) is 17.9. The molecule has 0 spiro atoms. The Kier molecular flexibility index (Phi) is 3.36. The number of halogens is 3. The number of carbonyl (C=O) groups excluding carboxylic acids is 1. The Morgan fingerprint density at radius 3 is 2.71 bits per heavy atom. The fourth-order valence-corrected chi connectivity index (χ4v) is 2.89. The molecule has 2 aromatic rings. The van der Waals surface area contributed by atoms with E-state index in [2.05, 4.69) is 10.1 Å². The van der Waals surface area contributed by atoms with E-state index < -0.39 is 11.7 Å². The molecule has 1 atom stereocenters. The van der Waals surface area contributed by atoms with Gasteiger partial charge < -0.3 is 9.42 Å². The number of rotatable bonds is 3. The summed E-state index contributed by atoms with van der Waals surface area (Å²) in [5.41, 5.74) is -0.538. The van der Waals surface area contributed by atoms with Gasteiger partial charge in [-0.2, -0.15) is 18.2 Å². The summed E-state index contributed by atoms with van der Waals surface area (Å²) in [6, 6.07) is 4.78. The van der Waals surface area contributed by atoms with Gasteiger partial charge in [0, 0.05) is 24.6 Å². The normalized spacial score (nSPS) is 21.5. The zero-order valence-corrected chi connectivity index (χ0v) is 12.6. The van der Waals surface area contributed by atoms with Gasteiger partial charge in [0.1, 0.15) is 0 Å². The molecular weight excluding hydrogens is 323 g/mol. The van der Waals surface area contributed by atoms with Crippen LogP contribution < -0.4 is 4.90 Å². The van der Waals surface area contributed by atoms with Gasteiger partial charge in [0.15, 0.2) is 5.82 Å². The quantitative estimate of drug-likeness (QED) is 0.860. The standard InChI is InChI=1S/C16H14F3N3O2/c17-16(18,19)11-2-1-3-12(7-11)22-8-10(6-13(22)23)15-20-14(21-24-15)9-4-5-9/h1-3,7,9-10H,4-6,8H2. The first-order valence-electron chi connectivity index (χ1n) is 7.73. The third-order valence-corrected chi connectivity index (χ3v) is 4.36. The van der Waals surface area contributed by atoms with E-state index in [1.54, 1.807) is 0 Å². The van der Waals surface area contributed by atoms with E-state index in [9.17, 15) is 18.0 Å². The summed E-state index contributed by atoms with van der Waals surface area (Å²) >= 11 is 0. The lowest BCUT2D eigenvalue weighted by molar-refractivity contribution is -0.137. The van der Waals surface area contributed by atoms with E-state index in [1.807, 2.05) is 0 Å². The first kappa shape index (κ1) is 15.2. The van der Waals surface area contributed by atoms with Gasteiger partial charge in [-0.1, -0.05) is 11.2 Å². The topological polar surface area (TPSA) is 59.2 Å². The van der Waals surface area contributed by atoms with Crippen LogP contribution in [0.1, 0.15) is 48.4 Å². The van der Waals surface area contributed by atoms with Crippen LogP contribution >= 0.6 is 0 Å². The van der Waals surface area contributed by atoms with Crippen molar-refractivity contribution in [3.8, 4) is 0 Å². The average molecular weight is 337 g/mol. The Morgan fingerprint density at radius 2 is 2.00 bits per heavy atom. The Balaban J connectivity index is 1.55. The molecule has 1 saturated heterocycles. The second-order valence-corrected chi connectivity index (χ2v) is 6.22. The maximum atomic E-state index is 12.8. The summed E-state index contributed by atoms with van der Waals surface area (Å²) in [6.45, 7) is 0.243. The van der Waals surface area contributed by atoms with E-state index in [0.717, 1.165) is 25.0 Å². The monoisotopic (exact) mass is 337 g/mol. The van der Waals surface area contributed by atoms with Crippen LogP contribution in [0.15, 0.2) is 28.8 Å².